The number of amides is 2. The summed E-state index contributed by atoms with van der Waals surface area (Å²) >= 11 is 0. The number of nitrogens with one attached hydrogen (secondary N) is 2. The number of carbonyl (C=O) groups excluding carboxylic acids is 2. The Labute approximate surface area is 122 Å². The van der Waals surface area contributed by atoms with E-state index in [1.54, 1.807) is 0 Å². The lowest BCUT2D eigenvalue weighted by molar-refractivity contribution is -0.123. The van der Waals surface area contributed by atoms with Crippen LogP contribution in [0.3, 0.4) is 0 Å². The molecule has 0 bridgehead atoms. The van der Waals surface area contributed by atoms with Gasteiger partial charge in [0.15, 0.2) is 0 Å². The second-order valence-electron chi connectivity index (χ2n) is 7.50. The lowest BCUT2D eigenvalue weighted by Crippen LogP contribution is -2.48. The minimum Gasteiger partial charge on any atom is -0.352 e. The van der Waals surface area contributed by atoms with E-state index in [2.05, 4.69) is 10.6 Å². The molecule has 1 saturated heterocycles. The maximum atomic E-state index is 12.0. The molecule has 2 rings (SSSR count). The van der Waals surface area contributed by atoms with Gasteiger partial charge in [-0.25, -0.2) is 0 Å². The standard InChI is InChI=1S/C16H28N2O2/c1-15(2,3)17-13(19)8-7-12-11-14(20)18-16(12)9-5-4-6-10-16/h12H,4-11H2,1-3H3,(H,17,19)(H,18,20). The zero-order valence-corrected chi connectivity index (χ0v) is 13.1. The van der Waals surface area contributed by atoms with Gasteiger partial charge < -0.3 is 10.6 Å². The summed E-state index contributed by atoms with van der Waals surface area (Å²) in [6, 6.07) is 0. The highest BCUT2D eigenvalue weighted by Crippen LogP contribution is 2.41. The summed E-state index contributed by atoms with van der Waals surface area (Å²) in [4.78, 5) is 23.7. The van der Waals surface area contributed by atoms with Crippen molar-refractivity contribution in [2.75, 3.05) is 0 Å². The first-order chi connectivity index (χ1) is 9.31. The van der Waals surface area contributed by atoms with Gasteiger partial charge in [-0.1, -0.05) is 19.3 Å². The molecule has 114 valence electrons. The Hall–Kier alpha value is -1.06. The van der Waals surface area contributed by atoms with Crippen LogP contribution in [0.25, 0.3) is 0 Å². The third-order valence-electron chi connectivity index (χ3n) is 4.58. The van der Waals surface area contributed by atoms with Crippen LogP contribution < -0.4 is 10.6 Å². The van der Waals surface area contributed by atoms with Crippen LogP contribution in [-0.4, -0.2) is 22.9 Å². The Kier molecular flexibility index (Phi) is 4.40. The molecule has 1 saturated carbocycles. The topological polar surface area (TPSA) is 58.2 Å². The molecule has 2 fully saturated rings. The fourth-order valence-electron chi connectivity index (χ4n) is 3.73. The Morgan fingerprint density at radius 2 is 1.95 bits per heavy atom. The molecule has 20 heavy (non-hydrogen) atoms. The van der Waals surface area contributed by atoms with E-state index in [9.17, 15) is 9.59 Å². The van der Waals surface area contributed by atoms with Gasteiger partial charge in [0.1, 0.15) is 0 Å². The predicted molar refractivity (Wildman–Crippen MR) is 79.2 cm³/mol. The van der Waals surface area contributed by atoms with Crippen LogP contribution in [0.4, 0.5) is 0 Å². The Morgan fingerprint density at radius 3 is 2.55 bits per heavy atom. The molecule has 1 atom stereocenters. The summed E-state index contributed by atoms with van der Waals surface area (Å²) in [5.41, 5.74) is -0.180. The smallest absolute Gasteiger partial charge is 0.220 e. The van der Waals surface area contributed by atoms with Crippen LogP contribution in [-0.2, 0) is 9.59 Å². The molecule has 0 radical (unpaired) electrons. The lowest BCUT2D eigenvalue weighted by Gasteiger charge is -2.38. The zero-order chi connectivity index (χ0) is 14.8. The summed E-state index contributed by atoms with van der Waals surface area (Å²) < 4.78 is 0. The van der Waals surface area contributed by atoms with Crippen molar-refractivity contribution in [3.63, 3.8) is 0 Å². The highest BCUT2D eigenvalue weighted by molar-refractivity contribution is 5.80. The Balaban J connectivity index is 1.90. The fraction of sp³-hybridized carbons (Fsp3) is 0.875. The van der Waals surface area contributed by atoms with Crippen LogP contribution in [0, 0.1) is 5.92 Å². The van der Waals surface area contributed by atoms with Crippen molar-refractivity contribution >= 4 is 11.8 Å². The van der Waals surface area contributed by atoms with E-state index in [0.717, 1.165) is 19.3 Å². The predicted octanol–water partition coefficient (Wildman–Crippen LogP) is 2.52. The minimum atomic E-state index is -0.177. The average molecular weight is 280 g/mol. The van der Waals surface area contributed by atoms with Crippen molar-refractivity contribution in [2.24, 2.45) is 5.92 Å². The molecule has 1 unspecified atom stereocenters. The normalized spacial score (nSPS) is 25.6. The molecule has 1 heterocycles. The van der Waals surface area contributed by atoms with Crippen LogP contribution in [0.15, 0.2) is 0 Å². The fourth-order valence-corrected chi connectivity index (χ4v) is 3.73. The van der Waals surface area contributed by atoms with Gasteiger partial charge in [-0.2, -0.15) is 0 Å². The minimum absolute atomic E-state index is 0.00263. The molecule has 2 amide bonds. The molecule has 4 nitrogen and oxygen atoms in total. The van der Waals surface area contributed by atoms with E-state index in [-0.39, 0.29) is 22.9 Å². The molecule has 4 heteroatoms. The van der Waals surface area contributed by atoms with Crippen molar-refractivity contribution < 1.29 is 9.59 Å². The summed E-state index contributed by atoms with van der Waals surface area (Å²) in [5.74, 6) is 0.608. The summed E-state index contributed by atoms with van der Waals surface area (Å²) in [6.45, 7) is 5.98. The van der Waals surface area contributed by atoms with Gasteiger partial charge >= 0.3 is 0 Å². The number of rotatable bonds is 3. The van der Waals surface area contributed by atoms with E-state index < -0.39 is 0 Å². The maximum absolute atomic E-state index is 12.0. The summed E-state index contributed by atoms with van der Waals surface area (Å²) in [7, 11) is 0. The van der Waals surface area contributed by atoms with E-state index in [1.807, 2.05) is 20.8 Å². The van der Waals surface area contributed by atoms with Crippen molar-refractivity contribution in [3.8, 4) is 0 Å². The van der Waals surface area contributed by atoms with Gasteiger partial charge in [0.25, 0.3) is 0 Å². The van der Waals surface area contributed by atoms with Crippen LogP contribution >= 0.6 is 0 Å². The second-order valence-corrected chi connectivity index (χ2v) is 7.50. The van der Waals surface area contributed by atoms with Crippen molar-refractivity contribution in [1.82, 2.24) is 10.6 Å². The molecule has 0 aromatic carbocycles. The maximum Gasteiger partial charge on any atom is 0.220 e. The molecule has 0 aromatic rings. The zero-order valence-electron chi connectivity index (χ0n) is 13.1. The van der Waals surface area contributed by atoms with Crippen molar-refractivity contribution in [2.45, 2.75) is 83.2 Å². The summed E-state index contributed by atoms with van der Waals surface area (Å²) in [5, 5.41) is 6.22. The Bertz CT molecular complexity index is 378. The first-order valence-electron chi connectivity index (χ1n) is 7.93. The number of hydrogen-bond acceptors (Lipinski definition) is 2. The van der Waals surface area contributed by atoms with E-state index >= 15 is 0 Å². The highest BCUT2D eigenvalue weighted by atomic mass is 16.2. The monoisotopic (exact) mass is 280 g/mol. The quantitative estimate of drug-likeness (QED) is 0.834. The van der Waals surface area contributed by atoms with E-state index in [0.29, 0.717) is 18.8 Å². The second kappa shape index (κ2) is 5.74. The molecule has 2 N–H and O–H groups in total. The Morgan fingerprint density at radius 1 is 1.30 bits per heavy atom. The van der Waals surface area contributed by atoms with Gasteiger partial charge in [0, 0.05) is 23.9 Å². The first kappa shape index (κ1) is 15.3. The van der Waals surface area contributed by atoms with Crippen molar-refractivity contribution in [1.29, 1.82) is 0 Å². The van der Waals surface area contributed by atoms with Gasteiger partial charge in [-0.3, -0.25) is 9.59 Å². The third kappa shape index (κ3) is 3.74. The molecule has 1 spiro atoms. The SMILES string of the molecule is CC(C)(C)NC(=O)CCC1CC(=O)NC12CCCCC2. The highest BCUT2D eigenvalue weighted by Gasteiger charge is 2.46. The van der Waals surface area contributed by atoms with Crippen LogP contribution in [0.5, 0.6) is 0 Å². The molecular formula is C16H28N2O2. The summed E-state index contributed by atoms with van der Waals surface area (Å²) in [6.07, 6.45) is 7.79. The van der Waals surface area contributed by atoms with Crippen LogP contribution in [0.2, 0.25) is 0 Å². The van der Waals surface area contributed by atoms with Gasteiger partial charge in [-0.15, -0.1) is 0 Å². The lowest BCUT2D eigenvalue weighted by atomic mass is 9.72. The molecule has 1 aliphatic heterocycles. The average Bonchev–Trinajstić information content (AvgIpc) is 2.61. The first-order valence-corrected chi connectivity index (χ1v) is 7.93. The van der Waals surface area contributed by atoms with Crippen LogP contribution in [0.1, 0.15) is 72.1 Å². The number of hydrogen-bond donors (Lipinski definition) is 2. The molecule has 2 aliphatic rings. The van der Waals surface area contributed by atoms with E-state index in [4.69, 9.17) is 0 Å². The van der Waals surface area contributed by atoms with Crippen molar-refractivity contribution in [3.05, 3.63) is 0 Å². The molecular weight excluding hydrogens is 252 g/mol. The van der Waals surface area contributed by atoms with E-state index in [1.165, 1.54) is 19.3 Å². The largest absolute Gasteiger partial charge is 0.352 e. The van der Waals surface area contributed by atoms with Gasteiger partial charge in [-0.05, 0) is 46.0 Å². The van der Waals surface area contributed by atoms with Gasteiger partial charge in [0.05, 0.1) is 0 Å². The third-order valence-corrected chi connectivity index (χ3v) is 4.58. The van der Waals surface area contributed by atoms with Gasteiger partial charge in [0.2, 0.25) is 11.8 Å². The molecule has 0 aromatic heterocycles. The molecule has 1 aliphatic carbocycles. The number of carbonyl (C=O) groups is 2.